The van der Waals surface area contributed by atoms with Crippen molar-refractivity contribution in [3.63, 3.8) is 0 Å². The summed E-state index contributed by atoms with van der Waals surface area (Å²) in [7, 11) is 0. The van der Waals surface area contributed by atoms with Gasteiger partial charge in [-0.25, -0.2) is 0 Å². The summed E-state index contributed by atoms with van der Waals surface area (Å²) in [6, 6.07) is 0. The molecule has 5 atom stereocenters. The van der Waals surface area contributed by atoms with Crippen LogP contribution < -0.4 is 11.5 Å². The molecule has 3 aliphatic rings. The summed E-state index contributed by atoms with van der Waals surface area (Å²) in [5, 5.41) is 0. The van der Waals surface area contributed by atoms with Crippen molar-refractivity contribution in [3.05, 3.63) is 0 Å². The summed E-state index contributed by atoms with van der Waals surface area (Å²) in [6.07, 6.45) is 6.81. The Balaban J connectivity index is 0.000000562. The third-order valence-electron chi connectivity index (χ3n) is 5.11. The molecule has 0 saturated heterocycles. The lowest BCUT2D eigenvalue weighted by atomic mass is 9.70. The number of rotatable bonds is 1. The van der Waals surface area contributed by atoms with Gasteiger partial charge in [-0.1, -0.05) is 6.42 Å². The van der Waals surface area contributed by atoms with Crippen molar-refractivity contribution in [3.8, 4) is 0 Å². The highest BCUT2D eigenvalue weighted by Crippen LogP contribution is 2.61. The molecule has 0 aromatic rings. The molecule has 3 fully saturated rings. The normalized spacial score (nSPS) is 50.8. The van der Waals surface area contributed by atoms with Crippen LogP contribution in [0.3, 0.4) is 0 Å². The number of hydrogen-bond acceptors (Lipinski definition) is 2. The molecular formula is C11H22Cl2N2. The van der Waals surface area contributed by atoms with Crippen LogP contribution in [0.2, 0.25) is 0 Å². The molecule has 2 bridgehead atoms. The molecule has 2 nitrogen and oxygen atoms in total. The smallest absolute Gasteiger partial charge is 0.0217 e. The van der Waals surface area contributed by atoms with E-state index in [0.717, 1.165) is 30.2 Å². The van der Waals surface area contributed by atoms with Gasteiger partial charge in [0, 0.05) is 5.54 Å². The Labute approximate surface area is 104 Å². The van der Waals surface area contributed by atoms with E-state index in [2.05, 4.69) is 0 Å². The molecule has 0 amide bonds. The van der Waals surface area contributed by atoms with Crippen molar-refractivity contribution in [2.75, 3.05) is 6.54 Å². The molecule has 0 aromatic carbocycles. The number of hydrogen-bond donors (Lipinski definition) is 2. The van der Waals surface area contributed by atoms with Crippen LogP contribution in [-0.2, 0) is 0 Å². The summed E-state index contributed by atoms with van der Waals surface area (Å²) < 4.78 is 0. The van der Waals surface area contributed by atoms with Crippen molar-refractivity contribution in [1.82, 2.24) is 0 Å². The van der Waals surface area contributed by atoms with Crippen LogP contribution in [0.25, 0.3) is 0 Å². The fourth-order valence-electron chi connectivity index (χ4n) is 4.63. The summed E-state index contributed by atoms with van der Waals surface area (Å²) in [6.45, 7) is 0.868. The molecule has 0 aromatic heterocycles. The summed E-state index contributed by atoms with van der Waals surface area (Å²) in [5.41, 5.74) is 12.6. The van der Waals surface area contributed by atoms with E-state index < -0.39 is 0 Å². The van der Waals surface area contributed by atoms with Gasteiger partial charge in [0.2, 0.25) is 0 Å². The maximum atomic E-state index is 6.56. The van der Waals surface area contributed by atoms with E-state index in [1.165, 1.54) is 32.1 Å². The van der Waals surface area contributed by atoms with Crippen LogP contribution in [0.5, 0.6) is 0 Å². The van der Waals surface area contributed by atoms with Crippen LogP contribution in [0.4, 0.5) is 0 Å². The van der Waals surface area contributed by atoms with Gasteiger partial charge in [-0.2, -0.15) is 0 Å². The van der Waals surface area contributed by atoms with Gasteiger partial charge in [0.1, 0.15) is 0 Å². The molecule has 0 aliphatic heterocycles. The predicted octanol–water partition coefficient (Wildman–Crippen LogP) is 1.94. The lowest BCUT2D eigenvalue weighted by molar-refractivity contribution is 0.154. The lowest BCUT2D eigenvalue weighted by Crippen LogP contribution is -2.52. The van der Waals surface area contributed by atoms with Gasteiger partial charge in [0.05, 0.1) is 0 Å². The minimum absolute atomic E-state index is 0. The molecule has 3 rings (SSSR count). The lowest BCUT2D eigenvalue weighted by Gasteiger charge is -2.40. The van der Waals surface area contributed by atoms with Crippen molar-refractivity contribution >= 4 is 24.8 Å². The van der Waals surface area contributed by atoms with Crippen LogP contribution in [0, 0.1) is 23.7 Å². The predicted molar refractivity (Wildman–Crippen MR) is 67.5 cm³/mol. The zero-order valence-electron chi connectivity index (χ0n) is 9.02. The molecule has 15 heavy (non-hydrogen) atoms. The molecule has 90 valence electrons. The second kappa shape index (κ2) is 4.40. The molecule has 0 spiro atoms. The fraction of sp³-hybridized carbons (Fsp3) is 1.00. The van der Waals surface area contributed by atoms with Crippen LogP contribution in [-0.4, -0.2) is 12.1 Å². The Morgan fingerprint density at radius 3 is 2.53 bits per heavy atom. The minimum Gasteiger partial charge on any atom is -0.330 e. The Morgan fingerprint density at radius 2 is 1.87 bits per heavy atom. The van der Waals surface area contributed by atoms with Crippen molar-refractivity contribution in [1.29, 1.82) is 0 Å². The van der Waals surface area contributed by atoms with E-state index in [1.807, 2.05) is 0 Å². The van der Waals surface area contributed by atoms with Crippen LogP contribution in [0.1, 0.15) is 32.1 Å². The fourth-order valence-corrected chi connectivity index (χ4v) is 4.63. The monoisotopic (exact) mass is 252 g/mol. The largest absolute Gasteiger partial charge is 0.330 e. The van der Waals surface area contributed by atoms with Crippen molar-refractivity contribution in [2.24, 2.45) is 35.1 Å². The first kappa shape index (κ1) is 13.6. The highest BCUT2D eigenvalue weighted by molar-refractivity contribution is 5.85. The first-order valence-electron chi connectivity index (χ1n) is 5.74. The van der Waals surface area contributed by atoms with E-state index in [1.54, 1.807) is 0 Å². The van der Waals surface area contributed by atoms with E-state index in [-0.39, 0.29) is 30.4 Å². The van der Waals surface area contributed by atoms with Crippen molar-refractivity contribution < 1.29 is 0 Å². The van der Waals surface area contributed by atoms with E-state index >= 15 is 0 Å². The molecule has 3 saturated carbocycles. The first-order valence-corrected chi connectivity index (χ1v) is 5.74. The first-order chi connectivity index (χ1) is 6.25. The molecule has 4 N–H and O–H groups in total. The standard InChI is InChI=1S/C11H20N2.2ClH/c12-6-8-4-7-5-10(8)11(13)3-1-2-9(7)11;;/h7-10H,1-6,12-13H2;2*1H. The second-order valence-corrected chi connectivity index (χ2v) is 5.44. The summed E-state index contributed by atoms with van der Waals surface area (Å²) in [4.78, 5) is 0. The average Bonchev–Trinajstić information content (AvgIpc) is 2.71. The maximum absolute atomic E-state index is 6.56. The van der Waals surface area contributed by atoms with Gasteiger partial charge in [0.15, 0.2) is 0 Å². The third-order valence-corrected chi connectivity index (χ3v) is 5.11. The average molecular weight is 253 g/mol. The van der Waals surface area contributed by atoms with E-state index in [9.17, 15) is 0 Å². The molecular weight excluding hydrogens is 231 g/mol. The second-order valence-electron chi connectivity index (χ2n) is 5.44. The number of nitrogens with two attached hydrogens (primary N) is 2. The van der Waals surface area contributed by atoms with Crippen LogP contribution in [0.15, 0.2) is 0 Å². The highest BCUT2D eigenvalue weighted by atomic mass is 35.5. The van der Waals surface area contributed by atoms with Gasteiger partial charge < -0.3 is 11.5 Å². The Hall–Kier alpha value is 0.500. The number of halogens is 2. The Bertz CT molecular complexity index is 237. The summed E-state index contributed by atoms with van der Waals surface area (Å²) >= 11 is 0. The molecule has 0 radical (unpaired) electrons. The summed E-state index contributed by atoms with van der Waals surface area (Å²) in [5.74, 6) is 3.32. The zero-order chi connectivity index (χ0) is 9.05. The highest BCUT2D eigenvalue weighted by Gasteiger charge is 2.60. The molecule has 4 heteroatoms. The quantitative estimate of drug-likeness (QED) is 0.750. The Kier molecular flexibility index (Phi) is 3.98. The van der Waals surface area contributed by atoms with Crippen LogP contribution >= 0.6 is 24.8 Å². The molecule has 0 heterocycles. The molecule has 3 aliphatic carbocycles. The third kappa shape index (κ3) is 1.61. The SMILES string of the molecule is Cl.Cl.NCC1CC2CC1C1(N)CCCC21. The molecule has 5 unspecified atom stereocenters. The van der Waals surface area contributed by atoms with Gasteiger partial charge in [-0.15, -0.1) is 24.8 Å². The topological polar surface area (TPSA) is 52.0 Å². The van der Waals surface area contributed by atoms with Gasteiger partial charge >= 0.3 is 0 Å². The maximum Gasteiger partial charge on any atom is 0.0217 e. The van der Waals surface area contributed by atoms with Crippen molar-refractivity contribution in [2.45, 2.75) is 37.6 Å². The minimum atomic E-state index is 0. The van der Waals surface area contributed by atoms with Gasteiger partial charge in [-0.3, -0.25) is 0 Å². The van der Waals surface area contributed by atoms with E-state index in [0.29, 0.717) is 0 Å². The zero-order valence-corrected chi connectivity index (χ0v) is 10.7. The number of fused-ring (bicyclic) bond motifs is 5. The van der Waals surface area contributed by atoms with E-state index in [4.69, 9.17) is 11.5 Å². The van der Waals surface area contributed by atoms with Gasteiger partial charge in [0.25, 0.3) is 0 Å². The Morgan fingerprint density at radius 1 is 1.13 bits per heavy atom. The van der Waals surface area contributed by atoms with Gasteiger partial charge in [-0.05, 0) is 55.9 Å².